The van der Waals surface area contributed by atoms with E-state index in [1.54, 1.807) is 15.7 Å². The number of benzene rings is 5. The molecule has 1 heterocycles. The summed E-state index contributed by atoms with van der Waals surface area (Å²) in [7, 11) is 5.27. The first-order chi connectivity index (χ1) is 20.4. The molecule has 1 aromatic heterocycles. The Morgan fingerprint density at radius 3 is 1.29 bits per heavy atom. The summed E-state index contributed by atoms with van der Waals surface area (Å²) in [5, 5.41) is 9.75. The first-order valence-electron chi connectivity index (χ1n) is 13.7. The summed E-state index contributed by atoms with van der Waals surface area (Å²) < 4.78 is 15.0. The normalized spacial score (nSPS) is 10.8. The molecule has 8 heteroatoms. The van der Waals surface area contributed by atoms with Crippen LogP contribution in [0.4, 0.5) is 4.39 Å². The summed E-state index contributed by atoms with van der Waals surface area (Å²) in [6.07, 6.45) is 0. The molecule has 0 amide bonds. The van der Waals surface area contributed by atoms with E-state index in [1.165, 1.54) is 0 Å². The summed E-state index contributed by atoms with van der Waals surface area (Å²) >= 11 is 0. The zero-order valence-corrected chi connectivity index (χ0v) is 23.6. The Bertz CT molecular complexity index is 1860. The van der Waals surface area contributed by atoms with Crippen LogP contribution in [0.1, 0.15) is 5.56 Å². The number of hydrogen-bond acceptors (Lipinski definition) is 4. The van der Waals surface area contributed by atoms with Crippen LogP contribution in [0.15, 0.2) is 109 Å². The zero-order chi connectivity index (χ0) is 29.2. The Balaban J connectivity index is 1.51. The van der Waals surface area contributed by atoms with Gasteiger partial charge < -0.3 is 0 Å². The van der Waals surface area contributed by atoms with Gasteiger partial charge in [0.15, 0.2) is 17.5 Å². The molecule has 0 aliphatic heterocycles. The van der Waals surface area contributed by atoms with E-state index in [-0.39, 0.29) is 5.56 Å². The number of halogens is 1. The third kappa shape index (κ3) is 5.02. The lowest BCUT2D eigenvalue weighted by Crippen LogP contribution is -2.38. The topological polar surface area (TPSA) is 62.5 Å². The maximum absolute atomic E-state index is 15.0. The van der Waals surface area contributed by atoms with Crippen molar-refractivity contribution in [2.45, 2.75) is 0 Å². The zero-order valence-electron chi connectivity index (χ0n) is 23.6. The van der Waals surface area contributed by atoms with Crippen LogP contribution in [-0.2, 0) is 0 Å². The molecule has 6 aromatic rings. The average molecular weight is 540 g/mol. The monoisotopic (exact) mass is 540 g/mol. The maximum Gasteiger partial charge on any atom is 0.164 e. The fourth-order valence-corrected chi connectivity index (χ4v) is 5.21. The van der Waals surface area contributed by atoms with Gasteiger partial charge >= 0.3 is 0 Å². The molecule has 0 saturated heterocycles. The first kappa shape index (κ1) is 26.9. The van der Waals surface area contributed by atoms with Crippen LogP contribution in [0.3, 0.4) is 0 Å². The van der Waals surface area contributed by atoms with Crippen LogP contribution in [0, 0.1) is 17.1 Å². The van der Waals surface area contributed by atoms with Crippen molar-refractivity contribution in [2.24, 2.45) is 0 Å². The minimum atomic E-state index is -0.501. The number of rotatable bonds is 5. The number of aromatic nitrogens is 3. The second kappa shape index (κ2) is 11.3. The standard InChI is InChI=1S/C34H24B3FN4/c35-28-26(19-39)31(38)30(37)29(36)27(28)34-41-32(24-15-11-22(12-16-24)20-7-3-1-4-8-20)40-33(42-34)25-17-13-23(14-18-25)21-9-5-2-6-10-21/h1-18H,35-37H2. The van der Waals surface area contributed by atoms with Crippen molar-refractivity contribution in [1.29, 1.82) is 5.26 Å². The van der Waals surface area contributed by atoms with E-state index in [0.29, 0.717) is 39.4 Å². The molecule has 0 aliphatic rings. The Morgan fingerprint density at radius 2 is 0.857 bits per heavy atom. The largest absolute Gasteiger partial charge is 0.208 e. The lowest BCUT2D eigenvalue weighted by atomic mass is 9.70. The van der Waals surface area contributed by atoms with Gasteiger partial charge in [0.05, 0.1) is 5.56 Å². The summed E-state index contributed by atoms with van der Waals surface area (Å²) in [5.74, 6) is 0.907. The van der Waals surface area contributed by atoms with Crippen molar-refractivity contribution in [2.75, 3.05) is 0 Å². The lowest BCUT2D eigenvalue weighted by Gasteiger charge is -2.17. The summed E-state index contributed by atoms with van der Waals surface area (Å²) in [6, 6.07) is 38.6. The summed E-state index contributed by atoms with van der Waals surface area (Å²) in [4.78, 5) is 14.6. The molecule has 0 fully saturated rings. The van der Waals surface area contributed by atoms with Gasteiger partial charge in [0.2, 0.25) is 0 Å². The van der Waals surface area contributed by atoms with Crippen molar-refractivity contribution in [3.63, 3.8) is 0 Å². The molecular formula is C34H24B3FN4. The number of nitrogens with zero attached hydrogens (tertiary/aromatic N) is 4. The van der Waals surface area contributed by atoms with E-state index in [0.717, 1.165) is 33.4 Å². The molecule has 0 aliphatic carbocycles. The first-order valence-corrected chi connectivity index (χ1v) is 13.7. The highest BCUT2D eigenvalue weighted by Crippen LogP contribution is 2.28. The third-order valence-corrected chi connectivity index (χ3v) is 7.71. The predicted octanol–water partition coefficient (Wildman–Crippen LogP) is 2.99. The van der Waals surface area contributed by atoms with Gasteiger partial charge in [-0.2, -0.15) is 5.26 Å². The highest BCUT2D eigenvalue weighted by Gasteiger charge is 2.21. The lowest BCUT2D eigenvalue weighted by molar-refractivity contribution is 0.634. The molecule has 42 heavy (non-hydrogen) atoms. The molecule has 6 rings (SSSR count). The van der Waals surface area contributed by atoms with E-state index in [1.807, 2.05) is 74.6 Å². The fraction of sp³-hybridized carbons (Fsp3) is 0. The highest BCUT2D eigenvalue weighted by atomic mass is 19.1. The van der Waals surface area contributed by atoms with Gasteiger partial charge in [-0.15, -0.1) is 0 Å². The molecule has 4 nitrogen and oxygen atoms in total. The SMILES string of the molecule is Bc1c(B)c(-c2nc(-c3ccc(-c4ccccc4)cc3)nc(-c3ccc(-c4ccccc4)cc3)n2)c(B)c(C#N)c1F. The van der Waals surface area contributed by atoms with Gasteiger partial charge in [-0.25, -0.2) is 19.3 Å². The van der Waals surface area contributed by atoms with Crippen LogP contribution in [0.5, 0.6) is 0 Å². The van der Waals surface area contributed by atoms with Crippen molar-refractivity contribution >= 4 is 39.9 Å². The average Bonchev–Trinajstić information content (AvgIpc) is 3.05. The Labute approximate surface area is 247 Å². The predicted molar refractivity (Wildman–Crippen MR) is 176 cm³/mol. The van der Waals surface area contributed by atoms with Crippen molar-refractivity contribution in [3.05, 3.63) is 121 Å². The van der Waals surface area contributed by atoms with Gasteiger partial charge in [0, 0.05) is 16.7 Å². The summed E-state index contributed by atoms with van der Waals surface area (Å²) in [6.45, 7) is 0. The molecular weight excluding hydrogens is 516 g/mol. The van der Waals surface area contributed by atoms with Crippen LogP contribution >= 0.6 is 0 Å². The molecule has 196 valence electrons. The maximum atomic E-state index is 15.0. The fourth-order valence-electron chi connectivity index (χ4n) is 5.21. The molecule has 5 aromatic carbocycles. The van der Waals surface area contributed by atoms with E-state index in [2.05, 4.69) is 48.5 Å². The Kier molecular flexibility index (Phi) is 7.25. The quantitative estimate of drug-likeness (QED) is 0.316. The molecule has 0 N–H and O–H groups in total. The van der Waals surface area contributed by atoms with Crippen LogP contribution in [0.2, 0.25) is 0 Å². The smallest absolute Gasteiger partial charge is 0.164 e. The summed E-state index contributed by atoms with van der Waals surface area (Å²) in [5.41, 5.74) is 8.36. The van der Waals surface area contributed by atoms with Gasteiger partial charge in [-0.1, -0.05) is 126 Å². The van der Waals surface area contributed by atoms with Gasteiger partial charge in [0.1, 0.15) is 35.4 Å². The van der Waals surface area contributed by atoms with Crippen molar-refractivity contribution < 1.29 is 4.39 Å². The highest BCUT2D eigenvalue weighted by molar-refractivity contribution is 6.54. The van der Waals surface area contributed by atoms with E-state index in [9.17, 15) is 9.65 Å². The molecule has 0 atom stereocenters. The second-order valence-electron chi connectivity index (χ2n) is 10.2. The number of nitriles is 1. The van der Waals surface area contributed by atoms with Crippen LogP contribution < -0.4 is 16.4 Å². The van der Waals surface area contributed by atoms with Gasteiger partial charge in [0.25, 0.3) is 0 Å². The van der Waals surface area contributed by atoms with Gasteiger partial charge in [-0.05, 0) is 22.3 Å². The van der Waals surface area contributed by atoms with Crippen molar-refractivity contribution in [1.82, 2.24) is 15.0 Å². The van der Waals surface area contributed by atoms with Crippen LogP contribution in [-0.4, -0.2) is 38.5 Å². The van der Waals surface area contributed by atoms with E-state index >= 15 is 0 Å². The number of hydrogen-bond donors (Lipinski definition) is 0. The molecule has 0 unspecified atom stereocenters. The second-order valence-corrected chi connectivity index (χ2v) is 10.2. The third-order valence-electron chi connectivity index (χ3n) is 7.71. The molecule has 0 radical (unpaired) electrons. The van der Waals surface area contributed by atoms with E-state index < -0.39 is 5.82 Å². The Morgan fingerprint density at radius 1 is 0.476 bits per heavy atom. The Hall–Kier alpha value is -5.28. The molecule has 0 bridgehead atoms. The van der Waals surface area contributed by atoms with Crippen molar-refractivity contribution in [3.8, 4) is 62.5 Å². The van der Waals surface area contributed by atoms with Crippen LogP contribution in [0.25, 0.3) is 56.4 Å². The van der Waals surface area contributed by atoms with Gasteiger partial charge in [-0.3, -0.25) is 0 Å². The molecule has 0 spiro atoms. The minimum Gasteiger partial charge on any atom is -0.208 e. The minimum absolute atomic E-state index is 0.0102. The van der Waals surface area contributed by atoms with E-state index in [4.69, 9.17) is 15.0 Å². The molecule has 0 saturated carbocycles.